The molecule has 0 aliphatic heterocycles. The van der Waals surface area contributed by atoms with Crippen LogP contribution in [0.25, 0.3) is 0 Å². The van der Waals surface area contributed by atoms with Crippen LogP contribution in [0.3, 0.4) is 0 Å². The first-order valence-electron chi connectivity index (χ1n) is 4.71. The molecule has 2 heterocycles. The van der Waals surface area contributed by atoms with Crippen LogP contribution in [0.2, 0.25) is 0 Å². The van der Waals surface area contributed by atoms with Crippen molar-refractivity contribution < 1.29 is 0 Å². The Hall–Kier alpha value is -0.650. The van der Waals surface area contributed by atoms with Crippen LogP contribution >= 0.6 is 27.3 Å². The molecule has 0 amide bonds. The predicted molar refractivity (Wildman–Crippen MR) is 65.9 cm³/mol. The number of aromatic nitrogens is 2. The lowest BCUT2D eigenvalue weighted by Crippen LogP contribution is -2.17. The second-order valence-electron chi connectivity index (χ2n) is 3.35. The van der Waals surface area contributed by atoms with Crippen LogP contribution in [-0.2, 0) is 6.54 Å². The van der Waals surface area contributed by atoms with Crippen molar-refractivity contribution in [2.75, 3.05) is 0 Å². The minimum absolute atomic E-state index is 0.365. The number of aromatic amines is 1. The summed E-state index contributed by atoms with van der Waals surface area (Å²) in [5.74, 6) is 0. The molecule has 0 radical (unpaired) electrons. The molecule has 1 unspecified atom stereocenters. The summed E-state index contributed by atoms with van der Waals surface area (Å²) in [6, 6.07) is 4.49. The molecule has 2 rings (SSSR count). The van der Waals surface area contributed by atoms with Crippen LogP contribution in [0.5, 0.6) is 0 Å². The number of hydrogen-bond donors (Lipinski definition) is 2. The fourth-order valence-corrected chi connectivity index (χ4v) is 2.78. The van der Waals surface area contributed by atoms with Crippen molar-refractivity contribution in [3.05, 3.63) is 38.8 Å². The Morgan fingerprint density at radius 1 is 1.67 bits per heavy atom. The summed E-state index contributed by atoms with van der Waals surface area (Å²) in [5, 5.41) is 12.4. The molecule has 1 atom stereocenters. The Kier molecular flexibility index (Phi) is 3.56. The van der Waals surface area contributed by atoms with E-state index in [0.717, 1.165) is 16.7 Å². The highest BCUT2D eigenvalue weighted by Gasteiger charge is 2.07. The zero-order chi connectivity index (χ0) is 10.7. The van der Waals surface area contributed by atoms with Gasteiger partial charge in [0.05, 0.1) is 0 Å². The number of nitrogens with one attached hydrogen (secondary N) is 2. The van der Waals surface area contributed by atoms with Crippen molar-refractivity contribution in [1.82, 2.24) is 15.5 Å². The predicted octanol–water partition coefficient (Wildman–Crippen LogP) is 3.08. The molecule has 0 fully saturated rings. The summed E-state index contributed by atoms with van der Waals surface area (Å²) >= 11 is 5.22. The van der Waals surface area contributed by atoms with Gasteiger partial charge in [-0.15, -0.1) is 11.3 Å². The van der Waals surface area contributed by atoms with Crippen LogP contribution in [0.4, 0.5) is 0 Å². The van der Waals surface area contributed by atoms with Crippen molar-refractivity contribution in [2.45, 2.75) is 19.5 Å². The zero-order valence-corrected chi connectivity index (χ0v) is 10.7. The number of hydrogen-bond acceptors (Lipinski definition) is 3. The lowest BCUT2D eigenvalue weighted by molar-refractivity contribution is 0.574. The van der Waals surface area contributed by atoms with Gasteiger partial charge in [-0.25, -0.2) is 0 Å². The van der Waals surface area contributed by atoms with E-state index < -0.39 is 0 Å². The number of H-pyrrole nitrogens is 1. The normalized spacial score (nSPS) is 12.9. The van der Waals surface area contributed by atoms with Gasteiger partial charge >= 0.3 is 0 Å². The summed E-state index contributed by atoms with van der Waals surface area (Å²) in [6.45, 7) is 2.98. The highest BCUT2D eigenvalue weighted by Crippen LogP contribution is 2.25. The third-order valence-corrected chi connectivity index (χ3v) is 4.05. The maximum Gasteiger partial charge on any atom is 0.0490 e. The van der Waals surface area contributed by atoms with E-state index in [2.05, 4.69) is 49.8 Å². The van der Waals surface area contributed by atoms with Gasteiger partial charge in [0.25, 0.3) is 0 Å². The molecule has 0 aromatic carbocycles. The van der Waals surface area contributed by atoms with Gasteiger partial charge in [0.1, 0.15) is 0 Å². The average molecular weight is 286 g/mol. The van der Waals surface area contributed by atoms with Gasteiger partial charge in [0, 0.05) is 39.2 Å². The molecule has 2 aromatic rings. The minimum Gasteiger partial charge on any atom is -0.304 e. The fourth-order valence-electron chi connectivity index (χ4n) is 1.30. The number of thiophene rings is 1. The Bertz CT molecular complexity index is 410. The fraction of sp³-hybridized carbons (Fsp3) is 0.300. The van der Waals surface area contributed by atoms with Crippen molar-refractivity contribution in [1.29, 1.82) is 0 Å². The second kappa shape index (κ2) is 4.92. The van der Waals surface area contributed by atoms with Crippen molar-refractivity contribution in [2.24, 2.45) is 0 Å². The summed E-state index contributed by atoms with van der Waals surface area (Å²) < 4.78 is 1.15. The van der Waals surface area contributed by atoms with E-state index in [1.807, 2.05) is 6.07 Å². The van der Waals surface area contributed by atoms with Crippen molar-refractivity contribution in [3.8, 4) is 0 Å². The number of nitrogens with zero attached hydrogens (tertiary/aromatic N) is 1. The number of halogens is 1. The summed E-state index contributed by atoms with van der Waals surface area (Å²) in [4.78, 5) is 1.33. The maximum absolute atomic E-state index is 3.91. The first kappa shape index (κ1) is 10.9. The molecular weight excluding hydrogens is 274 g/mol. The van der Waals surface area contributed by atoms with Crippen LogP contribution < -0.4 is 5.32 Å². The lowest BCUT2D eigenvalue weighted by Gasteiger charge is -2.10. The van der Waals surface area contributed by atoms with E-state index in [4.69, 9.17) is 0 Å². The SMILES string of the molecule is CC(NCc1ccn[nH]1)c1cc(Br)cs1. The third kappa shape index (κ3) is 2.90. The topological polar surface area (TPSA) is 40.7 Å². The Balaban J connectivity index is 1.90. The molecule has 2 aromatic heterocycles. The van der Waals surface area contributed by atoms with E-state index in [1.165, 1.54) is 4.88 Å². The van der Waals surface area contributed by atoms with Crippen molar-refractivity contribution >= 4 is 27.3 Å². The van der Waals surface area contributed by atoms with Gasteiger partial charge in [-0.3, -0.25) is 5.10 Å². The molecule has 0 aliphatic rings. The molecule has 2 N–H and O–H groups in total. The summed E-state index contributed by atoms with van der Waals surface area (Å²) in [7, 11) is 0. The van der Waals surface area contributed by atoms with Gasteiger partial charge in [0.15, 0.2) is 0 Å². The first-order chi connectivity index (χ1) is 7.25. The average Bonchev–Trinajstić information content (AvgIpc) is 2.84. The van der Waals surface area contributed by atoms with Crippen LogP contribution in [0.1, 0.15) is 23.5 Å². The van der Waals surface area contributed by atoms with E-state index >= 15 is 0 Å². The standard InChI is InChI=1S/C10H12BrN3S/c1-7(10-4-8(11)6-15-10)12-5-9-2-3-13-14-9/h2-4,6-7,12H,5H2,1H3,(H,13,14). The Labute approximate surface area is 101 Å². The second-order valence-corrected chi connectivity index (χ2v) is 5.21. The van der Waals surface area contributed by atoms with Gasteiger partial charge in [0.2, 0.25) is 0 Å². The van der Waals surface area contributed by atoms with Crippen LogP contribution in [0, 0.1) is 0 Å². The Morgan fingerprint density at radius 3 is 3.13 bits per heavy atom. The molecule has 3 nitrogen and oxygen atoms in total. The van der Waals surface area contributed by atoms with Gasteiger partial charge < -0.3 is 5.32 Å². The summed E-state index contributed by atoms with van der Waals surface area (Å²) in [5.41, 5.74) is 1.11. The number of rotatable bonds is 4. The molecule has 5 heteroatoms. The van der Waals surface area contributed by atoms with Gasteiger partial charge in [-0.2, -0.15) is 5.10 Å². The smallest absolute Gasteiger partial charge is 0.0490 e. The Morgan fingerprint density at radius 2 is 2.53 bits per heavy atom. The minimum atomic E-state index is 0.365. The quantitative estimate of drug-likeness (QED) is 0.906. The monoisotopic (exact) mass is 285 g/mol. The maximum atomic E-state index is 3.91. The lowest BCUT2D eigenvalue weighted by atomic mass is 10.2. The molecule has 80 valence electrons. The highest BCUT2D eigenvalue weighted by molar-refractivity contribution is 9.10. The highest BCUT2D eigenvalue weighted by atomic mass is 79.9. The van der Waals surface area contributed by atoms with E-state index in [1.54, 1.807) is 17.5 Å². The molecule has 0 aliphatic carbocycles. The van der Waals surface area contributed by atoms with Crippen LogP contribution in [0.15, 0.2) is 28.2 Å². The van der Waals surface area contributed by atoms with Crippen LogP contribution in [-0.4, -0.2) is 10.2 Å². The molecule has 0 saturated heterocycles. The molecule has 0 saturated carbocycles. The van der Waals surface area contributed by atoms with Crippen molar-refractivity contribution in [3.63, 3.8) is 0 Å². The van der Waals surface area contributed by atoms with Gasteiger partial charge in [-0.1, -0.05) is 0 Å². The molecule has 0 bridgehead atoms. The first-order valence-corrected chi connectivity index (χ1v) is 6.38. The van der Waals surface area contributed by atoms with Gasteiger partial charge in [-0.05, 0) is 35.0 Å². The third-order valence-electron chi connectivity index (χ3n) is 2.17. The summed E-state index contributed by atoms with van der Waals surface area (Å²) in [6.07, 6.45) is 1.77. The molecular formula is C10H12BrN3S. The zero-order valence-electron chi connectivity index (χ0n) is 8.33. The largest absolute Gasteiger partial charge is 0.304 e. The molecule has 0 spiro atoms. The van der Waals surface area contributed by atoms with E-state index in [0.29, 0.717) is 6.04 Å². The van der Waals surface area contributed by atoms with E-state index in [9.17, 15) is 0 Å². The van der Waals surface area contributed by atoms with E-state index in [-0.39, 0.29) is 0 Å². The molecule has 15 heavy (non-hydrogen) atoms.